The molecule has 0 aliphatic carbocycles. The molecule has 0 atom stereocenters. The predicted molar refractivity (Wildman–Crippen MR) is 59.9 cm³/mol. The second-order valence-corrected chi connectivity index (χ2v) is 1.71. The van der Waals surface area contributed by atoms with Crippen LogP contribution in [-0.4, -0.2) is 11.2 Å². The van der Waals surface area contributed by atoms with E-state index in [-0.39, 0.29) is 0 Å². The highest BCUT2D eigenvalue weighted by Gasteiger charge is 1.80. The van der Waals surface area contributed by atoms with Crippen molar-refractivity contribution in [3.63, 3.8) is 0 Å². The number of hydrogen-bond acceptors (Lipinski definition) is 2. The van der Waals surface area contributed by atoms with Crippen LogP contribution in [0.15, 0.2) is 24.5 Å². The first-order chi connectivity index (χ1) is 5.93. The Kier molecular flexibility index (Phi) is 15.4. The quantitative estimate of drug-likeness (QED) is 0.663. The molecule has 2 heteroatoms. The monoisotopic (exact) mass is 185 g/mol. The SMILES string of the molecule is CC.CCc1ccncc1.CS. The highest BCUT2D eigenvalue weighted by molar-refractivity contribution is 7.79. The summed E-state index contributed by atoms with van der Waals surface area (Å²) in [7, 11) is 0. The molecule has 0 aromatic carbocycles. The van der Waals surface area contributed by atoms with Crippen LogP contribution in [0.3, 0.4) is 0 Å². The summed E-state index contributed by atoms with van der Waals surface area (Å²) in [5.41, 5.74) is 1.35. The van der Waals surface area contributed by atoms with Gasteiger partial charge in [-0.05, 0) is 30.4 Å². The van der Waals surface area contributed by atoms with E-state index in [1.165, 1.54) is 5.56 Å². The van der Waals surface area contributed by atoms with E-state index in [0.29, 0.717) is 0 Å². The van der Waals surface area contributed by atoms with Gasteiger partial charge in [0, 0.05) is 12.4 Å². The summed E-state index contributed by atoms with van der Waals surface area (Å²) in [6.07, 6.45) is 6.43. The van der Waals surface area contributed by atoms with E-state index in [1.54, 1.807) is 6.26 Å². The molecule has 1 aromatic heterocycles. The van der Waals surface area contributed by atoms with Crippen molar-refractivity contribution in [2.24, 2.45) is 0 Å². The summed E-state index contributed by atoms with van der Waals surface area (Å²) in [5, 5.41) is 0. The van der Waals surface area contributed by atoms with Crippen molar-refractivity contribution < 1.29 is 0 Å². The molecular weight excluding hydrogens is 166 g/mol. The molecular formula is C10H19NS. The predicted octanol–water partition coefficient (Wildman–Crippen LogP) is 3.22. The second-order valence-electron chi connectivity index (χ2n) is 1.71. The maximum Gasteiger partial charge on any atom is 0.0270 e. The molecule has 0 unspecified atom stereocenters. The first-order valence-corrected chi connectivity index (χ1v) is 5.16. The Hall–Kier alpha value is -0.500. The average molecular weight is 185 g/mol. The summed E-state index contributed by atoms with van der Waals surface area (Å²) in [5.74, 6) is 0. The van der Waals surface area contributed by atoms with E-state index in [4.69, 9.17) is 0 Å². The van der Waals surface area contributed by atoms with Gasteiger partial charge in [0.2, 0.25) is 0 Å². The number of hydrogen-bond donors (Lipinski definition) is 1. The van der Waals surface area contributed by atoms with Crippen molar-refractivity contribution in [2.75, 3.05) is 6.26 Å². The Balaban J connectivity index is 0. The van der Waals surface area contributed by atoms with E-state index >= 15 is 0 Å². The van der Waals surface area contributed by atoms with Gasteiger partial charge < -0.3 is 0 Å². The molecule has 1 heterocycles. The molecule has 0 amide bonds. The Morgan fingerprint density at radius 3 is 1.83 bits per heavy atom. The number of nitrogens with zero attached hydrogens (tertiary/aromatic N) is 1. The summed E-state index contributed by atoms with van der Waals surface area (Å²) < 4.78 is 0. The van der Waals surface area contributed by atoms with Crippen molar-refractivity contribution >= 4 is 12.6 Å². The van der Waals surface area contributed by atoms with Gasteiger partial charge in [-0.1, -0.05) is 20.8 Å². The van der Waals surface area contributed by atoms with Crippen LogP contribution in [0.5, 0.6) is 0 Å². The minimum absolute atomic E-state index is 1.10. The summed E-state index contributed by atoms with van der Waals surface area (Å²) in [6, 6.07) is 4.06. The Labute approximate surface area is 81.6 Å². The lowest BCUT2D eigenvalue weighted by Gasteiger charge is -1.89. The van der Waals surface area contributed by atoms with Crippen molar-refractivity contribution in [2.45, 2.75) is 27.2 Å². The minimum Gasteiger partial charge on any atom is -0.265 e. The molecule has 1 nitrogen and oxygen atoms in total. The lowest BCUT2D eigenvalue weighted by molar-refractivity contribution is 1.12. The van der Waals surface area contributed by atoms with Gasteiger partial charge in [-0.3, -0.25) is 4.98 Å². The van der Waals surface area contributed by atoms with Crippen LogP contribution in [0.2, 0.25) is 0 Å². The first kappa shape index (κ1) is 14.0. The minimum atomic E-state index is 1.10. The fraction of sp³-hybridized carbons (Fsp3) is 0.500. The van der Waals surface area contributed by atoms with Crippen molar-refractivity contribution in [3.8, 4) is 0 Å². The molecule has 0 bridgehead atoms. The van der Waals surface area contributed by atoms with Gasteiger partial charge >= 0.3 is 0 Å². The van der Waals surface area contributed by atoms with E-state index in [2.05, 4.69) is 24.5 Å². The number of rotatable bonds is 1. The molecule has 0 radical (unpaired) electrons. The molecule has 0 aliphatic heterocycles. The Morgan fingerprint density at radius 1 is 1.17 bits per heavy atom. The smallest absolute Gasteiger partial charge is 0.0270 e. The molecule has 0 saturated carbocycles. The van der Waals surface area contributed by atoms with E-state index in [0.717, 1.165) is 6.42 Å². The van der Waals surface area contributed by atoms with E-state index in [9.17, 15) is 0 Å². The molecule has 70 valence electrons. The zero-order valence-electron chi connectivity index (χ0n) is 8.41. The third kappa shape index (κ3) is 7.61. The van der Waals surface area contributed by atoms with E-state index in [1.807, 2.05) is 38.4 Å². The van der Waals surface area contributed by atoms with E-state index < -0.39 is 0 Å². The molecule has 1 aromatic rings. The van der Waals surface area contributed by atoms with Crippen LogP contribution in [0, 0.1) is 0 Å². The van der Waals surface area contributed by atoms with Crippen molar-refractivity contribution in [3.05, 3.63) is 30.1 Å². The third-order valence-corrected chi connectivity index (χ3v) is 1.16. The molecule has 0 aliphatic rings. The van der Waals surface area contributed by atoms with Gasteiger partial charge in [0.25, 0.3) is 0 Å². The summed E-state index contributed by atoms with van der Waals surface area (Å²) in [6.45, 7) is 6.13. The fourth-order valence-corrected chi connectivity index (χ4v) is 0.618. The molecule has 0 spiro atoms. The van der Waals surface area contributed by atoms with Crippen LogP contribution in [-0.2, 0) is 6.42 Å². The number of thiol groups is 1. The highest BCUT2D eigenvalue weighted by atomic mass is 32.1. The molecule has 12 heavy (non-hydrogen) atoms. The van der Waals surface area contributed by atoms with Crippen molar-refractivity contribution in [1.29, 1.82) is 0 Å². The number of aryl methyl sites for hydroxylation is 1. The Morgan fingerprint density at radius 2 is 1.58 bits per heavy atom. The maximum atomic E-state index is 3.89. The summed E-state index contributed by atoms with van der Waals surface area (Å²) >= 11 is 3.53. The lowest BCUT2D eigenvalue weighted by Crippen LogP contribution is -1.76. The average Bonchev–Trinajstić information content (AvgIpc) is 2.25. The normalized spacial score (nSPS) is 7.08. The van der Waals surface area contributed by atoms with Crippen LogP contribution >= 0.6 is 12.6 Å². The van der Waals surface area contributed by atoms with Crippen LogP contribution in [0.1, 0.15) is 26.3 Å². The largest absolute Gasteiger partial charge is 0.265 e. The third-order valence-electron chi connectivity index (χ3n) is 1.16. The molecule has 0 N–H and O–H groups in total. The van der Waals surface area contributed by atoms with Gasteiger partial charge in [-0.15, -0.1) is 0 Å². The topological polar surface area (TPSA) is 12.9 Å². The van der Waals surface area contributed by atoms with Crippen molar-refractivity contribution in [1.82, 2.24) is 4.98 Å². The van der Waals surface area contributed by atoms with Gasteiger partial charge in [0.05, 0.1) is 0 Å². The lowest BCUT2D eigenvalue weighted by atomic mass is 10.2. The zero-order chi connectivity index (χ0) is 9.82. The standard InChI is InChI=1S/C7H9N.C2H6.CH4S/c1-2-7-3-5-8-6-4-7;2*1-2/h3-6H,2H2,1H3;1-2H3;2H,1H3. The van der Waals surface area contributed by atoms with Gasteiger partial charge in [0.15, 0.2) is 0 Å². The fourth-order valence-electron chi connectivity index (χ4n) is 0.618. The number of aromatic nitrogens is 1. The van der Waals surface area contributed by atoms with Crippen LogP contribution in [0.4, 0.5) is 0 Å². The summed E-state index contributed by atoms with van der Waals surface area (Å²) in [4.78, 5) is 3.89. The zero-order valence-corrected chi connectivity index (χ0v) is 9.31. The van der Waals surface area contributed by atoms with Crippen LogP contribution in [0.25, 0.3) is 0 Å². The molecule has 0 fully saturated rings. The van der Waals surface area contributed by atoms with Gasteiger partial charge in [-0.25, -0.2) is 0 Å². The second kappa shape index (κ2) is 13.1. The molecule has 1 rings (SSSR count). The van der Waals surface area contributed by atoms with Gasteiger partial charge in [0.1, 0.15) is 0 Å². The first-order valence-electron chi connectivity index (χ1n) is 4.27. The number of pyridine rings is 1. The van der Waals surface area contributed by atoms with Crippen LogP contribution < -0.4 is 0 Å². The Bertz CT molecular complexity index is 151. The maximum absolute atomic E-state index is 3.89. The van der Waals surface area contributed by atoms with Gasteiger partial charge in [-0.2, -0.15) is 12.6 Å². The highest BCUT2D eigenvalue weighted by Crippen LogP contribution is 1.94. The molecule has 0 saturated heterocycles.